The van der Waals surface area contributed by atoms with Crippen molar-refractivity contribution in [2.75, 3.05) is 13.2 Å². The Morgan fingerprint density at radius 3 is 2.79 bits per heavy atom. The molecule has 3 nitrogen and oxygen atoms in total. The van der Waals surface area contributed by atoms with Gasteiger partial charge < -0.3 is 10.4 Å². The third-order valence-corrected chi connectivity index (χ3v) is 3.10. The lowest BCUT2D eigenvalue weighted by Crippen LogP contribution is -2.28. The van der Waals surface area contributed by atoms with Gasteiger partial charge in [-0.1, -0.05) is 32.1 Å². The molecule has 0 aliphatic rings. The van der Waals surface area contributed by atoms with Crippen LogP contribution in [0.25, 0.3) is 0 Å². The van der Waals surface area contributed by atoms with Gasteiger partial charge in [-0.05, 0) is 36.6 Å². The summed E-state index contributed by atoms with van der Waals surface area (Å²) in [7, 11) is 0. The number of benzene rings is 1. The van der Waals surface area contributed by atoms with E-state index in [1.807, 2.05) is 19.1 Å². The molecule has 0 aliphatic carbocycles. The van der Waals surface area contributed by atoms with Crippen molar-refractivity contribution in [1.82, 2.24) is 5.32 Å². The average molecular weight is 259 g/mol. The number of rotatable bonds is 4. The van der Waals surface area contributed by atoms with Gasteiger partial charge in [-0.25, -0.2) is 0 Å². The van der Waals surface area contributed by atoms with Crippen LogP contribution >= 0.6 is 0 Å². The SMILES string of the molecule is CCC(C)CNC(=O)c1ccc(C#CCO)c(C)c1. The van der Waals surface area contributed by atoms with Gasteiger partial charge in [0, 0.05) is 17.7 Å². The third kappa shape index (κ3) is 4.76. The van der Waals surface area contributed by atoms with Crippen LogP contribution in [0.15, 0.2) is 18.2 Å². The van der Waals surface area contributed by atoms with Gasteiger partial charge >= 0.3 is 0 Å². The fourth-order valence-electron chi connectivity index (χ4n) is 1.59. The Hall–Kier alpha value is -1.79. The monoisotopic (exact) mass is 259 g/mol. The first-order valence-corrected chi connectivity index (χ1v) is 6.57. The van der Waals surface area contributed by atoms with Gasteiger partial charge in [0.2, 0.25) is 0 Å². The summed E-state index contributed by atoms with van der Waals surface area (Å²) in [4.78, 5) is 12.0. The van der Waals surface area contributed by atoms with Crippen molar-refractivity contribution >= 4 is 5.91 Å². The van der Waals surface area contributed by atoms with E-state index in [2.05, 4.69) is 31.0 Å². The first-order chi connectivity index (χ1) is 9.08. The van der Waals surface area contributed by atoms with E-state index < -0.39 is 0 Å². The van der Waals surface area contributed by atoms with Crippen LogP contribution in [0.1, 0.15) is 41.8 Å². The molecule has 0 aromatic heterocycles. The standard InChI is InChI=1S/C16H21NO2/c1-4-12(2)11-17-16(19)15-8-7-14(6-5-9-18)13(3)10-15/h7-8,10,12,18H,4,9,11H2,1-3H3,(H,17,19). The zero-order valence-electron chi connectivity index (χ0n) is 11.8. The molecule has 0 radical (unpaired) electrons. The molecule has 2 N–H and O–H groups in total. The molecule has 1 amide bonds. The topological polar surface area (TPSA) is 49.3 Å². The molecular weight excluding hydrogens is 238 g/mol. The highest BCUT2D eigenvalue weighted by Crippen LogP contribution is 2.10. The molecule has 1 rings (SSSR count). The number of carbonyl (C=O) groups is 1. The first-order valence-electron chi connectivity index (χ1n) is 6.57. The highest BCUT2D eigenvalue weighted by Gasteiger charge is 2.08. The molecule has 0 saturated heterocycles. The number of aliphatic hydroxyl groups excluding tert-OH is 1. The normalized spacial score (nSPS) is 11.4. The summed E-state index contributed by atoms with van der Waals surface area (Å²) in [5.74, 6) is 5.90. The van der Waals surface area contributed by atoms with Crippen molar-refractivity contribution < 1.29 is 9.90 Å². The molecule has 1 aromatic carbocycles. The lowest BCUT2D eigenvalue weighted by Gasteiger charge is -2.10. The van der Waals surface area contributed by atoms with Gasteiger partial charge in [0.25, 0.3) is 5.91 Å². The van der Waals surface area contributed by atoms with Crippen molar-refractivity contribution in [3.05, 3.63) is 34.9 Å². The van der Waals surface area contributed by atoms with Gasteiger partial charge in [0.1, 0.15) is 6.61 Å². The maximum Gasteiger partial charge on any atom is 0.251 e. The average Bonchev–Trinajstić information content (AvgIpc) is 2.42. The van der Waals surface area contributed by atoms with E-state index in [4.69, 9.17) is 5.11 Å². The lowest BCUT2D eigenvalue weighted by molar-refractivity contribution is 0.0947. The van der Waals surface area contributed by atoms with E-state index in [9.17, 15) is 4.79 Å². The summed E-state index contributed by atoms with van der Waals surface area (Å²) in [6.07, 6.45) is 1.05. The molecule has 102 valence electrons. The van der Waals surface area contributed by atoms with Crippen molar-refractivity contribution in [1.29, 1.82) is 0 Å². The predicted molar refractivity (Wildman–Crippen MR) is 76.9 cm³/mol. The quantitative estimate of drug-likeness (QED) is 0.814. The summed E-state index contributed by atoms with van der Waals surface area (Å²) in [6, 6.07) is 5.41. The smallest absolute Gasteiger partial charge is 0.251 e. The lowest BCUT2D eigenvalue weighted by atomic mass is 10.0. The molecule has 0 aliphatic heterocycles. The number of amides is 1. The van der Waals surface area contributed by atoms with Gasteiger partial charge in [-0.3, -0.25) is 4.79 Å². The Bertz CT molecular complexity index is 497. The highest BCUT2D eigenvalue weighted by molar-refractivity contribution is 5.94. The maximum absolute atomic E-state index is 12.0. The fourth-order valence-corrected chi connectivity index (χ4v) is 1.59. The summed E-state index contributed by atoms with van der Waals surface area (Å²) in [5.41, 5.74) is 2.43. The molecule has 1 atom stereocenters. The molecule has 0 spiro atoms. The molecular formula is C16H21NO2. The van der Waals surface area contributed by atoms with Gasteiger partial charge in [-0.15, -0.1) is 0 Å². The number of nitrogens with one attached hydrogen (secondary N) is 1. The number of aliphatic hydroxyl groups is 1. The number of aryl methyl sites for hydroxylation is 1. The molecule has 1 unspecified atom stereocenters. The summed E-state index contributed by atoms with van der Waals surface area (Å²) in [5, 5.41) is 11.6. The minimum atomic E-state index is -0.156. The largest absolute Gasteiger partial charge is 0.384 e. The van der Waals surface area contributed by atoms with Crippen LogP contribution in [0.3, 0.4) is 0 Å². The Balaban J connectivity index is 2.74. The molecule has 0 heterocycles. The van der Waals surface area contributed by atoms with E-state index in [-0.39, 0.29) is 12.5 Å². The number of carbonyl (C=O) groups excluding carboxylic acids is 1. The second-order valence-corrected chi connectivity index (χ2v) is 4.71. The van der Waals surface area contributed by atoms with Crippen molar-refractivity contribution in [2.24, 2.45) is 5.92 Å². The summed E-state index contributed by atoms with van der Waals surface area (Å²) < 4.78 is 0. The Labute approximate surface area is 115 Å². The summed E-state index contributed by atoms with van der Waals surface area (Å²) in [6.45, 7) is 6.67. The van der Waals surface area contributed by atoms with Gasteiger partial charge in [-0.2, -0.15) is 0 Å². The second kappa shape index (κ2) is 7.60. The molecule has 0 fully saturated rings. The fraction of sp³-hybridized carbons (Fsp3) is 0.438. The molecule has 1 aromatic rings. The molecule has 0 saturated carbocycles. The van der Waals surface area contributed by atoms with Gasteiger partial charge in [0.05, 0.1) is 0 Å². The minimum absolute atomic E-state index is 0.0509. The second-order valence-electron chi connectivity index (χ2n) is 4.71. The number of hydrogen-bond donors (Lipinski definition) is 2. The molecule has 19 heavy (non-hydrogen) atoms. The molecule has 3 heteroatoms. The van der Waals surface area contributed by atoms with E-state index in [1.165, 1.54) is 0 Å². The van der Waals surface area contributed by atoms with Crippen molar-refractivity contribution in [2.45, 2.75) is 27.2 Å². The Morgan fingerprint density at radius 1 is 1.47 bits per heavy atom. The minimum Gasteiger partial charge on any atom is -0.384 e. The zero-order valence-corrected chi connectivity index (χ0v) is 11.8. The Kier molecular flexibility index (Phi) is 6.11. The van der Waals surface area contributed by atoms with Gasteiger partial charge in [0.15, 0.2) is 0 Å². The number of hydrogen-bond acceptors (Lipinski definition) is 2. The predicted octanol–water partition coefficient (Wildman–Crippen LogP) is 2.11. The maximum atomic E-state index is 12.0. The summed E-state index contributed by atoms with van der Waals surface area (Å²) >= 11 is 0. The van der Waals surface area contributed by atoms with Crippen molar-refractivity contribution in [3.63, 3.8) is 0 Å². The van der Waals surface area contributed by atoms with Crippen LogP contribution in [0, 0.1) is 24.7 Å². The van der Waals surface area contributed by atoms with Crippen LogP contribution in [0.5, 0.6) is 0 Å². The highest BCUT2D eigenvalue weighted by atomic mass is 16.2. The zero-order chi connectivity index (χ0) is 14.3. The Morgan fingerprint density at radius 2 is 2.21 bits per heavy atom. The first kappa shape index (κ1) is 15.3. The van der Waals surface area contributed by atoms with Crippen LogP contribution < -0.4 is 5.32 Å². The van der Waals surface area contributed by atoms with Crippen LogP contribution in [0.4, 0.5) is 0 Å². The van der Waals surface area contributed by atoms with E-state index in [0.717, 1.165) is 17.5 Å². The van der Waals surface area contributed by atoms with E-state index in [1.54, 1.807) is 6.07 Å². The van der Waals surface area contributed by atoms with Crippen LogP contribution in [-0.2, 0) is 0 Å². The van der Waals surface area contributed by atoms with Crippen LogP contribution in [0.2, 0.25) is 0 Å². The van der Waals surface area contributed by atoms with Crippen molar-refractivity contribution in [3.8, 4) is 11.8 Å². The third-order valence-electron chi connectivity index (χ3n) is 3.10. The van der Waals surface area contributed by atoms with E-state index >= 15 is 0 Å². The van der Waals surface area contributed by atoms with Crippen LogP contribution in [-0.4, -0.2) is 24.2 Å². The van der Waals surface area contributed by atoms with E-state index in [0.29, 0.717) is 18.0 Å². The molecule has 0 bridgehead atoms.